The van der Waals surface area contributed by atoms with Crippen molar-refractivity contribution < 1.29 is 0 Å². The van der Waals surface area contributed by atoms with Crippen LogP contribution in [-0.4, -0.2) is 4.57 Å². The minimum Gasteiger partial charge on any atom is -0.311 e. The molecule has 16 rings (SSSR count). The third kappa shape index (κ3) is 8.15. The van der Waals surface area contributed by atoms with Gasteiger partial charge in [0.1, 0.15) is 0 Å². The zero-order valence-electron chi connectivity index (χ0n) is 47.8. The number of nitrogens with zero attached hydrogens (tertiary/aromatic N) is 5. The van der Waals surface area contributed by atoms with Crippen molar-refractivity contribution in [1.82, 2.24) is 4.57 Å². The Morgan fingerprint density at radius 3 is 1.02 bits per heavy atom. The summed E-state index contributed by atoms with van der Waals surface area (Å²) in [7, 11) is 0. The van der Waals surface area contributed by atoms with Crippen molar-refractivity contribution in [3.63, 3.8) is 0 Å². The second kappa shape index (κ2) is 20.6. The van der Waals surface area contributed by atoms with Gasteiger partial charge in [-0.1, -0.05) is 164 Å². The number of hydrogen-bond donors (Lipinski definition) is 0. The largest absolute Gasteiger partial charge is 0.311 e. The van der Waals surface area contributed by atoms with Crippen LogP contribution in [0.1, 0.15) is 33.4 Å². The maximum Gasteiger partial charge on any atom is 0.0756 e. The molecule has 14 aromatic rings. The number of benzene rings is 13. The molecular formula is C81H59N5. The average Bonchev–Trinajstić information content (AvgIpc) is 1.48. The average molecular weight is 1100 g/mol. The van der Waals surface area contributed by atoms with Crippen LogP contribution in [0.25, 0.3) is 38.6 Å². The van der Waals surface area contributed by atoms with E-state index >= 15 is 0 Å². The Morgan fingerprint density at radius 1 is 0.244 bits per heavy atom. The lowest BCUT2D eigenvalue weighted by molar-refractivity contribution is 0.748. The van der Waals surface area contributed by atoms with Gasteiger partial charge < -0.3 is 24.2 Å². The van der Waals surface area contributed by atoms with E-state index in [4.69, 9.17) is 0 Å². The lowest BCUT2D eigenvalue weighted by Gasteiger charge is -2.40. The number of rotatable bonds is 12. The van der Waals surface area contributed by atoms with E-state index in [1.54, 1.807) is 0 Å². The summed E-state index contributed by atoms with van der Waals surface area (Å²) in [6.07, 6.45) is 0. The molecule has 0 N–H and O–H groups in total. The Hall–Kier alpha value is -11.1. The fourth-order valence-corrected chi connectivity index (χ4v) is 14.0. The van der Waals surface area contributed by atoms with E-state index in [-0.39, 0.29) is 0 Å². The highest BCUT2D eigenvalue weighted by Gasteiger charge is 2.51. The van der Waals surface area contributed by atoms with Gasteiger partial charge in [0.05, 0.1) is 22.1 Å². The van der Waals surface area contributed by atoms with E-state index in [9.17, 15) is 0 Å². The molecule has 5 nitrogen and oxygen atoms in total. The first-order valence-corrected chi connectivity index (χ1v) is 29.7. The third-order valence-corrected chi connectivity index (χ3v) is 17.6. The molecule has 1 aliphatic carbocycles. The van der Waals surface area contributed by atoms with Crippen LogP contribution in [0, 0.1) is 13.8 Å². The molecule has 0 saturated heterocycles. The highest BCUT2D eigenvalue weighted by atomic mass is 15.2. The van der Waals surface area contributed by atoms with E-state index < -0.39 is 5.41 Å². The first-order valence-electron chi connectivity index (χ1n) is 29.7. The second-order valence-corrected chi connectivity index (χ2v) is 22.7. The van der Waals surface area contributed by atoms with E-state index in [0.717, 1.165) is 68.2 Å². The molecule has 13 aromatic carbocycles. The highest BCUT2D eigenvalue weighted by Crippen LogP contribution is 2.63. The number of para-hydroxylation sites is 7. The van der Waals surface area contributed by atoms with Crippen LogP contribution in [0.5, 0.6) is 0 Å². The van der Waals surface area contributed by atoms with Crippen molar-refractivity contribution in [2.24, 2.45) is 0 Å². The zero-order chi connectivity index (χ0) is 57.3. The molecule has 0 atom stereocenters. The van der Waals surface area contributed by atoms with E-state index in [1.807, 2.05) is 0 Å². The molecule has 2 heterocycles. The summed E-state index contributed by atoms with van der Waals surface area (Å²) >= 11 is 0. The lowest BCUT2D eigenvalue weighted by atomic mass is 9.65. The lowest BCUT2D eigenvalue weighted by Crippen LogP contribution is -2.33. The Kier molecular flexibility index (Phi) is 12.1. The minimum absolute atomic E-state index is 0.751. The Morgan fingerprint density at radius 2 is 0.570 bits per heavy atom. The number of fused-ring (bicyclic) bond motifs is 12. The van der Waals surface area contributed by atoms with Crippen LogP contribution in [0.3, 0.4) is 0 Å². The molecule has 408 valence electrons. The zero-order valence-corrected chi connectivity index (χ0v) is 47.8. The fraction of sp³-hybridized carbons (Fsp3) is 0.0370. The van der Waals surface area contributed by atoms with E-state index in [0.29, 0.717) is 0 Å². The predicted molar refractivity (Wildman–Crippen MR) is 360 cm³/mol. The van der Waals surface area contributed by atoms with Crippen LogP contribution in [0.2, 0.25) is 0 Å². The molecule has 1 aromatic heterocycles. The number of aromatic nitrogens is 1. The van der Waals surface area contributed by atoms with Crippen LogP contribution in [0.15, 0.2) is 322 Å². The van der Waals surface area contributed by atoms with Crippen molar-refractivity contribution >= 4 is 90.1 Å². The van der Waals surface area contributed by atoms with Gasteiger partial charge in [-0.15, -0.1) is 0 Å². The topological polar surface area (TPSA) is 17.9 Å². The summed E-state index contributed by atoms with van der Waals surface area (Å²) in [5, 5.41) is 2.49. The summed E-state index contributed by atoms with van der Waals surface area (Å²) in [5.41, 5.74) is 25.8. The van der Waals surface area contributed by atoms with Gasteiger partial charge >= 0.3 is 0 Å². The number of aryl methyl sites for hydroxylation is 2. The van der Waals surface area contributed by atoms with Crippen molar-refractivity contribution in [1.29, 1.82) is 0 Å². The maximum atomic E-state index is 2.54. The van der Waals surface area contributed by atoms with Crippen molar-refractivity contribution in [2.75, 3.05) is 19.6 Å². The van der Waals surface area contributed by atoms with Crippen LogP contribution < -0.4 is 19.6 Å². The molecule has 0 unspecified atom stereocenters. The van der Waals surface area contributed by atoms with Crippen molar-refractivity contribution in [3.05, 3.63) is 355 Å². The van der Waals surface area contributed by atoms with Crippen molar-refractivity contribution in [2.45, 2.75) is 19.3 Å². The Bertz CT molecular complexity index is 4540. The van der Waals surface area contributed by atoms with Gasteiger partial charge in [-0.25, -0.2) is 0 Å². The SMILES string of the molecule is Cc1cccc(N(c2ccc(N(c3ccccc3)c3ccccc3)cc2)c2ccc3c(c2)C2(c4cc(N(c5ccc(N(c6ccccc6)c6ccccc6)cc5)c5cccc(C)c5)ccc4-3)c3ccccc3-n3c4ccccc4c4cccc2c43)c1. The summed E-state index contributed by atoms with van der Waals surface area (Å²) in [6.45, 7) is 4.37. The first-order chi connectivity index (χ1) is 42.5. The van der Waals surface area contributed by atoms with Crippen LogP contribution >= 0.6 is 0 Å². The maximum absolute atomic E-state index is 2.54. The standard InChI is InChI=1S/C81H59N5/c1-56-22-19-32-66(52-56)84(64-44-40-62(41-45-64)82(58-24-7-3-8-25-58)59-26-9-4-10-27-59)68-48-50-70-71-51-49-69(85(67-33-20-23-57(2)53-67)65-46-42-63(43-47-65)83(60-28-11-5-12-29-60)61-30-13-6-14-31-61)55-77(71)81(76(70)54-68)74-36-16-18-39-79(74)86-78-38-17-15-34-72(78)73-35-21-37-75(81)80(73)86/h3-55H,1-2H3. The molecule has 0 bridgehead atoms. The highest BCUT2D eigenvalue weighted by molar-refractivity contribution is 6.13. The molecule has 5 heteroatoms. The molecule has 0 amide bonds. The van der Waals surface area contributed by atoms with Gasteiger partial charge in [0, 0.05) is 79.0 Å². The second-order valence-electron chi connectivity index (χ2n) is 22.7. The minimum atomic E-state index is -0.751. The molecular weight excluding hydrogens is 1040 g/mol. The Labute approximate surface area is 502 Å². The van der Waals surface area contributed by atoms with E-state index in [2.05, 4.69) is 360 Å². The van der Waals surface area contributed by atoms with Gasteiger partial charge in [-0.2, -0.15) is 0 Å². The van der Waals surface area contributed by atoms with Gasteiger partial charge in [0.25, 0.3) is 0 Å². The van der Waals surface area contributed by atoms with Crippen LogP contribution in [0.4, 0.5) is 68.2 Å². The summed E-state index contributed by atoms with van der Waals surface area (Å²) in [6, 6.07) is 118. The molecule has 1 aliphatic heterocycles. The first kappa shape index (κ1) is 50.6. The van der Waals surface area contributed by atoms with Crippen molar-refractivity contribution in [3.8, 4) is 16.8 Å². The van der Waals surface area contributed by atoms with Gasteiger partial charge in [-0.3, -0.25) is 0 Å². The monoisotopic (exact) mass is 1100 g/mol. The summed E-state index contributed by atoms with van der Waals surface area (Å²) in [4.78, 5) is 9.54. The number of anilines is 12. The molecule has 1 spiro atoms. The number of hydrogen-bond acceptors (Lipinski definition) is 4. The fourth-order valence-electron chi connectivity index (χ4n) is 14.0. The third-order valence-electron chi connectivity index (χ3n) is 17.6. The summed E-state index contributed by atoms with van der Waals surface area (Å²) < 4.78 is 2.54. The molecule has 0 fully saturated rings. The van der Waals surface area contributed by atoms with Gasteiger partial charge in [0.15, 0.2) is 0 Å². The molecule has 0 radical (unpaired) electrons. The summed E-state index contributed by atoms with van der Waals surface area (Å²) in [5.74, 6) is 0. The normalized spacial score (nSPS) is 12.4. The molecule has 2 aliphatic rings. The molecule has 86 heavy (non-hydrogen) atoms. The quantitative estimate of drug-likeness (QED) is 0.121. The Balaban J connectivity index is 0.912. The van der Waals surface area contributed by atoms with Crippen LogP contribution in [-0.2, 0) is 5.41 Å². The smallest absolute Gasteiger partial charge is 0.0756 e. The predicted octanol–water partition coefficient (Wildman–Crippen LogP) is 22.0. The van der Waals surface area contributed by atoms with Gasteiger partial charge in [0.2, 0.25) is 0 Å². The van der Waals surface area contributed by atoms with Gasteiger partial charge in [-0.05, 0) is 216 Å². The van der Waals surface area contributed by atoms with E-state index in [1.165, 1.54) is 72.0 Å². The molecule has 0 saturated carbocycles.